The van der Waals surface area contributed by atoms with Crippen LogP contribution in [0.3, 0.4) is 0 Å². The van der Waals surface area contributed by atoms with Gasteiger partial charge in [0.25, 0.3) is 0 Å². The first-order chi connectivity index (χ1) is 24.7. The first kappa shape index (κ1) is 36.9. The van der Waals surface area contributed by atoms with E-state index in [1.807, 2.05) is 84.9 Å². The molecule has 9 nitrogen and oxygen atoms in total. The molecule has 4 N–H and O–H groups in total. The van der Waals surface area contributed by atoms with Gasteiger partial charge in [0.05, 0.1) is 12.1 Å². The van der Waals surface area contributed by atoms with E-state index in [9.17, 15) is 27.6 Å². The minimum absolute atomic E-state index is 0.0125. The van der Waals surface area contributed by atoms with Crippen LogP contribution >= 0.6 is 0 Å². The SMILES string of the molecule is O=C(CNC(=O)C(Cc1ccccc1)NC(=O)OCc1ccccc1)NCC1CNCCC1c1ccc(COc2ccccc2C(F)(F)F)cc1. The van der Waals surface area contributed by atoms with Crippen molar-refractivity contribution >= 4 is 17.9 Å². The summed E-state index contributed by atoms with van der Waals surface area (Å²) in [5, 5.41) is 11.6. The van der Waals surface area contributed by atoms with E-state index in [1.165, 1.54) is 18.2 Å². The van der Waals surface area contributed by atoms with Crippen molar-refractivity contribution in [3.8, 4) is 5.75 Å². The number of alkyl carbamates (subject to hydrolysis) is 1. The highest BCUT2D eigenvalue weighted by atomic mass is 19.4. The van der Waals surface area contributed by atoms with Gasteiger partial charge in [0.2, 0.25) is 11.8 Å². The number of amides is 3. The van der Waals surface area contributed by atoms with Gasteiger partial charge in [-0.05, 0) is 59.2 Å². The molecule has 0 spiro atoms. The Morgan fingerprint density at radius 2 is 1.43 bits per heavy atom. The van der Waals surface area contributed by atoms with E-state index in [-0.39, 0.29) is 49.7 Å². The molecule has 0 saturated carbocycles. The van der Waals surface area contributed by atoms with Crippen molar-refractivity contribution < 1.29 is 37.0 Å². The van der Waals surface area contributed by atoms with E-state index in [0.717, 1.165) is 41.3 Å². The summed E-state index contributed by atoms with van der Waals surface area (Å²) in [6.45, 7) is 1.59. The Labute approximate surface area is 294 Å². The molecule has 0 aliphatic carbocycles. The van der Waals surface area contributed by atoms with Gasteiger partial charge in [0.15, 0.2) is 0 Å². The fourth-order valence-corrected chi connectivity index (χ4v) is 5.99. The van der Waals surface area contributed by atoms with Crippen LogP contribution in [0.15, 0.2) is 109 Å². The predicted molar refractivity (Wildman–Crippen MR) is 186 cm³/mol. The Bertz CT molecular complexity index is 1720. The van der Waals surface area contributed by atoms with Crippen molar-refractivity contribution in [1.29, 1.82) is 0 Å². The van der Waals surface area contributed by atoms with Gasteiger partial charge >= 0.3 is 12.3 Å². The third kappa shape index (κ3) is 11.3. The van der Waals surface area contributed by atoms with E-state index in [1.54, 1.807) is 0 Å². The van der Waals surface area contributed by atoms with Gasteiger partial charge in [-0.1, -0.05) is 97.1 Å². The highest BCUT2D eigenvalue weighted by Gasteiger charge is 2.34. The number of benzene rings is 4. The Balaban J connectivity index is 1.11. The van der Waals surface area contributed by atoms with Gasteiger partial charge in [-0.15, -0.1) is 0 Å². The fraction of sp³-hybridized carbons (Fsp3) is 0.308. The van der Waals surface area contributed by atoms with Crippen molar-refractivity contribution in [3.05, 3.63) is 137 Å². The number of ether oxygens (including phenoxy) is 2. The lowest BCUT2D eigenvalue weighted by Crippen LogP contribution is -2.50. The van der Waals surface area contributed by atoms with Crippen LogP contribution in [-0.2, 0) is 40.1 Å². The number of alkyl halides is 3. The minimum Gasteiger partial charge on any atom is -0.488 e. The van der Waals surface area contributed by atoms with Crippen LogP contribution < -0.4 is 26.0 Å². The first-order valence-electron chi connectivity index (χ1n) is 16.8. The molecular formula is C39H41F3N4O5. The quantitative estimate of drug-likeness (QED) is 0.133. The summed E-state index contributed by atoms with van der Waals surface area (Å²) in [5.41, 5.74) is 2.60. The van der Waals surface area contributed by atoms with Crippen LogP contribution in [0.4, 0.5) is 18.0 Å². The number of rotatable bonds is 14. The van der Waals surface area contributed by atoms with E-state index in [0.29, 0.717) is 13.1 Å². The highest BCUT2D eigenvalue weighted by molar-refractivity contribution is 5.89. The number of carbonyl (C=O) groups excluding carboxylic acids is 3. The van der Waals surface area contributed by atoms with Crippen LogP contribution in [0.1, 0.15) is 40.2 Å². The van der Waals surface area contributed by atoms with Crippen molar-refractivity contribution in [2.75, 3.05) is 26.2 Å². The van der Waals surface area contributed by atoms with Crippen molar-refractivity contribution in [3.63, 3.8) is 0 Å². The average molecular weight is 703 g/mol. The maximum atomic E-state index is 13.3. The molecule has 1 aliphatic rings. The largest absolute Gasteiger partial charge is 0.488 e. The molecule has 1 saturated heterocycles. The monoisotopic (exact) mass is 702 g/mol. The Kier molecular flexibility index (Phi) is 13.1. The number of piperidine rings is 1. The van der Waals surface area contributed by atoms with Gasteiger partial charge in [0.1, 0.15) is 25.0 Å². The average Bonchev–Trinajstić information content (AvgIpc) is 3.15. The molecule has 12 heteroatoms. The smallest absolute Gasteiger partial charge is 0.419 e. The zero-order valence-corrected chi connectivity index (χ0v) is 28.0. The van der Waals surface area contributed by atoms with Gasteiger partial charge < -0.3 is 30.7 Å². The van der Waals surface area contributed by atoms with E-state index in [4.69, 9.17) is 9.47 Å². The number of para-hydroxylation sites is 1. The van der Waals surface area contributed by atoms with E-state index >= 15 is 0 Å². The molecular weight excluding hydrogens is 661 g/mol. The molecule has 268 valence electrons. The number of halogens is 3. The van der Waals surface area contributed by atoms with E-state index in [2.05, 4.69) is 21.3 Å². The number of nitrogens with one attached hydrogen (secondary N) is 4. The zero-order valence-electron chi connectivity index (χ0n) is 28.0. The second-order valence-corrected chi connectivity index (χ2v) is 12.4. The maximum absolute atomic E-state index is 13.3. The lowest BCUT2D eigenvalue weighted by molar-refractivity contribution is -0.139. The van der Waals surface area contributed by atoms with Crippen LogP contribution in [0.2, 0.25) is 0 Å². The van der Waals surface area contributed by atoms with Crippen LogP contribution in [0, 0.1) is 5.92 Å². The Hall–Kier alpha value is -5.36. The standard InChI is InChI=1S/C39H41F3N4O5/c40-39(41,42)33-13-7-8-14-35(33)50-25-29-15-17-30(18-16-29)32-19-20-43-22-31(32)23-44-36(47)24-45-37(48)34(21-27-9-3-1-4-10-27)46-38(49)51-26-28-11-5-2-6-12-28/h1-18,31-32,34,43H,19-26H2,(H,44,47)(H,45,48)(H,46,49). The van der Waals surface area contributed by atoms with Crippen LogP contribution in [0.25, 0.3) is 0 Å². The molecule has 1 aliphatic heterocycles. The third-order valence-electron chi connectivity index (χ3n) is 8.69. The summed E-state index contributed by atoms with van der Waals surface area (Å²) in [6.07, 6.45) is -4.22. The van der Waals surface area contributed by atoms with Crippen molar-refractivity contribution in [1.82, 2.24) is 21.3 Å². The topological polar surface area (TPSA) is 118 Å². The first-order valence-corrected chi connectivity index (χ1v) is 16.8. The van der Waals surface area contributed by atoms with E-state index < -0.39 is 29.8 Å². The molecule has 3 unspecified atom stereocenters. The molecule has 0 aromatic heterocycles. The van der Waals surface area contributed by atoms with Gasteiger partial charge in [-0.25, -0.2) is 4.79 Å². The van der Waals surface area contributed by atoms with Crippen molar-refractivity contribution in [2.24, 2.45) is 5.92 Å². The number of carbonyl (C=O) groups is 3. The molecule has 0 radical (unpaired) electrons. The number of hydrogen-bond acceptors (Lipinski definition) is 6. The Morgan fingerprint density at radius 1 is 0.784 bits per heavy atom. The molecule has 4 aromatic rings. The highest BCUT2D eigenvalue weighted by Crippen LogP contribution is 2.36. The van der Waals surface area contributed by atoms with Gasteiger partial charge in [0, 0.05) is 19.5 Å². The summed E-state index contributed by atoms with van der Waals surface area (Å²) < 4.78 is 50.8. The summed E-state index contributed by atoms with van der Waals surface area (Å²) in [4.78, 5) is 38.7. The van der Waals surface area contributed by atoms with Crippen LogP contribution in [0.5, 0.6) is 5.75 Å². The zero-order chi connectivity index (χ0) is 36.1. The fourth-order valence-electron chi connectivity index (χ4n) is 5.99. The summed E-state index contributed by atoms with van der Waals surface area (Å²) in [5.74, 6) is -0.920. The predicted octanol–water partition coefficient (Wildman–Crippen LogP) is 5.75. The van der Waals surface area contributed by atoms with Gasteiger partial charge in [-0.2, -0.15) is 13.2 Å². The molecule has 3 atom stereocenters. The maximum Gasteiger partial charge on any atom is 0.419 e. The molecule has 0 bridgehead atoms. The molecule has 4 aromatic carbocycles. The lowest BCUT2D eigenvalue weighted by Gasteiger charge is -2.33. The van der Waals surface area contributed by atoms with Crippen LogP contribution in [-0.4, -0.2) is 50.1 Å². The number of hydrogen-bond donors (Lipinski definition) is 4. The van der Waals surface area contributed by atoms with Crippen molar-refractivity contribution in [2.45, 2.75) is 44.2 Å². The Morgan fingerprint density at radius 3 is 2.14 bits per heavy atom. The summed E-state index contributed by atoms with van der Waals surface area (Å²) in [7, 11) is 0. The minimum atomic E-state index is -4.51. The summed E-state index contributed by atoms with van der Waals surface area (Å²) >= 11 is 0. The molecule has 1 heterocycles. The molecule has 5 rings (SSSR count). The molecule has 51 heavy (non-hydrogen) atoms. The molecule has 1 fully saturated rings. The van der Waals surface area contributed by atoms with Gasteiger partial charge in [-0.3, -0.25) is 9.59 Å². The molecule has 3 amide bonds. The lowest BCUT2D eigenvalue weighted by atomic mass is 9.81. The second kappa shape index (κ2) is 18.0. The summed E-state index contributed by atoms with van der Waals surface area (Å²) in [6, 6.07) is 30.1. The third-order valence-corrected chi connectivity index (χ3v) is 8.69. The second-order valence-electron chi connectivity index (χ2n) is 12.4. The normalized spacial score (nSPS) is 16.4.